The van der Waals surface area contributed by atoms with Crippen LogP contribution in [0.5, 0.6) is 5.75 Å². The molecule has 1 aromatic carbocycles. The lowest BCUT2D eigenvalue weighted by Crippen LogP contribution is -2.38. The predicted octanol–water partition coefficient (Wildman–Crippen LogP) is 1.39. The molecule has 0 amide bonds. The number of hydrogen-bond acceptors (Lipinski definition) is 5. The molecule has 0 spiro atoms. The number of methoxy groups -OCH3 is 1. The van der Waals surface area contributed by atoms with Crippen LogP contribution in [0.2, 0.25) is 0 Å². The fraction of sp³-hybridized carbons (Fsp3) is 0.286. The monoisotopic (exact) mass is 279 g/mol. The van der Waals surface area contributed by atoms with Gasteiger partial charge in [-0.05, 0) is 18.2 Å². The van der Waals surface area contributed by atoms with Gasteiger partial charge in [0.15, 0.2) is 5.78 Å². The number of ketones is 1. The first-order valence-electron chi connectivity index (χ1n) is 5.91. The van der Waals surface area contributed by atoms with Crippen molar-refractivity contribution in [2.45, 2.75) is 6.10 Å². The Kier molecular flexibility index (Phi) is 3.74. The third-order valence-corrected chi connectivity index (χ3v) is 2.79. The van der Waals surface area contributed by atoms with Crippen LogP contribution in [0.1, 0.15) is 10.4 Å². The Bertz CT molecular complexity index is 595. The van der Waals surface area contributed by atoms with E-state index < -0.39 is 23.7 Å². The molecule has 0 N–H and O–H groups in total. The zero-order valence-corrected chi connectivity index (χ0v) is 11.3. The van der Waals surface area contributed by atoms with Crippen LogP contribution < -0.4 is 4.74 Å². The van der Waals surface area contributed by atoms with Gasteiger partial charge in [-0.2, -0.15) is 0 Å². The molecule has 0 radical (unpaired) electrons. The molecule has 2 rings (SSSR count). The predicted molar refractivity (Wildman–Crippen MR) is 68.9 cm³/mol. The van der Waals surface area contributed by atoms with Gasteiger partial charge in [0.05, 0.1) is 18.2 Å². The molecule has 20 heavy (non-hydrogen) atoms. The lowest BCUT2D eigenvalue weighted by atomic mass is 9.95. The fourth-order valence-corrected chi connectivity index (χ4v) is 1.93. The summed E-state index contributed by atoms with van der Waals surface area (Å²) in [6.45, 7) is 0. The molecule has 0 fully saturated rings. The Labute approximate surface area is 115 Å². The van der Waals surface area contributed by atoms with Crippen LogP contribution in [0.4, 0.5) is 4.39 Å². The van der Waals surface area contributed by atoms with E-state index in [2.05, 4.69) is 4.74 Å². The molecule has 1 aliphatic heterocycles. The van der Waals surface area contributed by atoms with Gasteiger partial charge in [-0.15, -0.1) is 0 Å². The number of carbonyl (C=O) groups excluding carboxylic acids is 2. The normalized spacial score (nSPS) is 19.3. The van der Waals surface area contributed by atoms with Crippen molar-refractivity contribution in [1.82, 2.24) is 4.90 Å². The fourth-order valence-electron chi connectivity index (χ4n) is 1.93. The van der Waals surface area contributed by atoms with Crippen LogP contribution in [0.25, 0.3) is 0 Å². The lowest BCUT2D eigenvalue weighted by Gasteiger charge is -2.26. The maximum Gasteiger partial charge on any atom is 0.352 e. The van der Waals surface area contributed by atoms with Crippen molar-refractivity contribution < 1.29 is 23.5 Å². The van der Waals surface area contributed by atoms with Crippen molar-refractivity contribution in [2.75, 3.05) is 21.2 Å². The summed E-state index contributed by atoms with van der Waals surface area (Å²) >= 11 is 0. The van der Waals surface area contributed by atoms with Crippen LogP contribution in [-0.2, 0) is 9.53 Å². The standard InChI is InChI=1S/C14H14FNO4/c1-16(2)7-10-12(17)9-6-8(15)4-5-11(9)20-13(10)14(18)19-3/h4-7,13H,1-3H3. The summed E-state index contributed by atoms with van der Waals surface area (Å²) in [7, 11) is 4.62. The summed E-state index contributed by atoms with van der Waals surface area (Å²) in [6.07, 6.45) is 0.325. The largest absolute Gasteiger partial charge is 0.473 e. The molecule has 0 saturated carbocycles. The van der Waals surface area contributed by atoms with E-state index in [9.17, 15) is 14.0 Å². The van der Waals surface area contributed by atoms with Gasteiger partial charge in [0.2, 0.25) is 6.10 Å². The molecule has 1 unspecified atom stereocenters. The van der Waals surface area contributed by atoms with Gasteiger partial charge < -0.3 is 14.4 Å². The molecule has 6 heteroatoms. The van der Waals surface area contributed by atoms with E-state index >= 15 is 0 Å². The summed E-state index contributed by atoms with van der Waals surface area (Å²) in [5.41, 5.74) is 0.207. The summed E-state index contributed by atoms with van der Waals surface area (Å²) in [5, 5.41) is 0. The van der Waals surface area contributed by atoms with E-state index in [1.807, 2.05) is 0 Å². The van der Waals surface area contributed by atoms with Crippen molar-refractivity contribution in [1.29, 1.82) is 0 Å². The zero-order chi connectivity index (χ0) is 14.9. The molecular formula is C14H14FNO4. The van der Waals surface area contributed by atoms with Gasteiger partial charge in [0, 0.05) is 20.3 Å². The first kappa shape index (κ1) is 14.0. The number of hydrogen-bond donors (Lipinski definition) is 0. The van der Waals surface area contributed by atoms with Gasteiger partial charge in [0.25, 0.3) is 0 Å². The van der Waals surface area contributed by atoms with E-state index in [0.717, 1.165) is 6.07 Å². The van der Waals surface area contributed by atoms with Gasteiger partial charge in [0.1, 0.15) is 11.6 Å². The lowest BCUT2D eigenvalue weighted by molar-refractivity contribution is -0.147. The molecule has 0 aliphatic carbocycles. The highest BCUT2D eigenvalue weighted by Gasteiger charge is 2.37. The number of ether oxygens (including phenoxy) is 2. The van der Waals surface area contributed by atoms with E-state index in [1.54, 1.807) is 19.0 Å². The van der Waals surface area contributed by atoms with Crippen LogP contribution in [0, 0.1) is 5.82 Å². The maximum absolute atomic E-state index is 13.3. The number of carbonyl (C=O) groups is 2. The third kappa shape index (κ3) is 2.49. The average molecular weight is 279 g/mol. The van der Waals surface area contributed by atoms with Crippen molar-refractivity contribution in [3.8, 4) is 5.75 Å². The topological polar surface area (TPSA) is 55.8 Å². The molecule has 0 saturated heterocycles. The van der Waals surface area contributed by atoms with Gasteiger partial charge in [-0.25, -0.2) is 9.18 Å². The molecule has 0 aromatic heterocycles. The van der Waals surface area contributed by atoms with Crippen LogP contribution in [-0.4, -0.2) is 44.0 Å². The summed E-state index contributed by atoms with van der Waals surface area (Å²) in [4.78, 5) is 25.7. The minimum Gasteiger partial charge on any atom is -0.473 e. The number of rotatable bonds is 2. The number of halogens is 1. The number of fused-ring (bicyclic) bond motifs is 1. The van der Waals surface area contributed by atoms with Gasteiger partial charge >= 0.3 is 5.97 Å². The summed E-state index contributed by atoms with van der Waals surface area (Å²) in [5.74, 6) is -1.50. The average Bonchev–Trinajstić information content (AvgIpc) is 2.41. The third-order valence-electron chi connectivity index (χ3n) is 2.79. The van der Waals surface area contributed by atoms with E-state index in [-0.39, 0.29) is 16.9 Å². The Morgan fingerprint density at radius 3 is 2.75 bits per heavy atom. The molecule has 1 heterocycles. The highest BCUT2D eigenvalue weighted by atomic mass is 19.1. The Balaban J connectivity index is 2.54. The second-order valence-corrected chi connectivity index (χ2v) is 4.54. The SMILES string of the molecule is COC(=O)C1Oc2ccc(F)cc2C(=O)C1=CN(C)C. The molecule has 1 atom stereocenters. The number of nitrogens with zero attached hydrogens (tertiary/aromatic N) is 1. The molecule has 106 valence electrons. The number of Topliss-reactive ketones (excluding diaryl/α,β-unsaturated/α-hetero) is 1. The molecule has 5 nitrogen and oxygen atoms in total. The number of esters is 1. The maximum atomic E-state index is 13.3. The second-order valence-electron chi connectivity index (χ2n) is 4.54. The first-order chi connectivity index (χ1) is 9.43. The van der Waals surface area contributed by atoms with Crippen LogP contribution >= 0.6 is 0 Å². The summed E-state index contributed by atoms with van der Waals surface area (Å²) < 4.78 is 23.4. The van der Waals surface area contributed by atoms with Gasteiger partial charge in [-0.3, -0.25) is 4.79 Å². The molecular weight excluding hydrogens is 265 g/mol. The Morgan fingerprint density at radius 1 is 1.45 bits per heavy atom. The highest BCUT2D eigenvalue weighted by molar-refractivity contribution is 6.15. The molecule has 1 aromatic rings. The van der Waals surface area contributed by atoms with Crippen molar-refractivity contribution in [2.24, 2.45) is 0 Å². The zero-order valence-electron chi connectivity index (χ0n) is 11.3. The van der Waals surface area contributed by atoms with E-state index in [4.69, 9.17) is 4.74 Å². The van der Waals surface area contributed by atoms with Crippen LogP contribution in [0.15, 0.2) is 30.0 Å². The number of benzene rings is 1. The Hall–Kier alpha value is -2.37. The molecule has 0 bridgehead atoms. The second kappa shape index (κ2) is 5.32. The van der Waals surface area contributed by atoms with Gasteiger partial charge in [-0.1, -0.05) is 0 Å². The minimum atomic E-state index is -1.15. The Morgan fingerprint density at radius 2 is 2.15 bits per heavy atom. The highest BCUT2D eigenvalue weighted by Crippen LogP contribution is 2.31. The first-order valence-corrected chi connectivity index (χ1v) is 5.91. The van der Waals surface area contributed by atoms with E-state index in [1.165, 1.54) is 25.4 Å². The van der Waals surface area contributed by atoms with Crippen LogP contribution in [0.3, 0.4) is 0 Å². The van der Waals surface area contributed by atoms with Crippen molar-refractivity contribution >= 4 is 11.8 Å². The quantitative estimate of drug-likeness (QED) is 0.605. The molecule has 1 aliphatic rings. The van der Waals surface area contributed by atoms with Crippen molar-refractivity contribution in [3.63, 3.8) is 0 Å². The van der Waals surface area contributed by atoms with E-state index in [0.29, 0.717) is 0 Å². The smallest absolute Gasteiger partial charge is 0.352 e. The van der Waals surface area contributed by atoms with Crippen molar-refractivity contribution in [3.05, 3.63) is 41.4 Å². The summed E-state index contributed by atoms with van der Waals surface area (Å²) in [6, 6.07) is 3.58. The minimum absolute atomic E-state index is 0.0956.